The van der Waals surface area contributed by atoms with Crippen molar-refractivity contribution in [2.45, 2.75) is 13.8 Å². The molecule has 4 rings (SSSR count). The van der Waals surface area contributed by atoms with Gasteiger partial charge in [0.2, 0.25) is 0 Å². The number of halogens is 1. The van der Waals surface area contributed by atoms with Crippen LogP contribution >= 0.6 is 0 Å². The Balaban J connectivity index is 1.35. The number of urea groups is 1. The Hall–Kier alpha value is -3.49. The number of hydrogen-bond acceptors (Lipinski definition) is 5. The van der Waals surface area contributed by atoms with E-state index in [-0.39, 0.29) is 11.8 Å². The Kier molecular flexibility index (Phi) is 5.11. The van der Waals surface area contributed by atoms with Crippen LogP contribution in [0.5, 0.6) is 0 Å². The van der Waals surface area contributed by atoms with E-state index < -0.39 is 0 Å². The smallest absolute Gasteiger partial charge is 0.321 e. The molecule has 3 heterocycles. The van der Waals surface area contributed by atoms with Crippen molar-refractivity contribution in [2.75, 3.05) is 36.4 Å². The highest BCUT2D eigenvalue weighted by molar-refractivity contribution is 5.89. The minimum absolute atomic E-state index is 0.192. The number of nitrogens with one attached hydrogen (secondary N) is 1. The predicted octanol–water partition coefficient (Wildman–Crippen LogP) is 2.77. The van der Waals surface area contributed by atoms with Gasteiger partial charge >= 0.3 is 6.03 Å². The van der Waals surface area contributed by atoms with Crippen molar-refractivity contribution in [3.63, 3.8) is 0 Å². The number of carbonyl (C=O) groups excluding carboxylic acids is 1. The molecule has 0 unspecified atom stereocenters. The van der Waals surface area contributed by atoms with E-state index in [1.165, 1.54) is 12.1 Å². The highest BCUT2D eigenvalue weighted by Gasteiger charge is 2.22. The lowest BCUT2D eigenvalue weighted by Gasteiger charge is -2.35. The van der Waals surface area contributed by atoms with Crippen LogP contribution in [0.1, 0.15) is 11.4 Å². The van der Waals surface area contributed by atoms with Gasteiger partial charge in [-0.1, -0.05) is 0 Å². The Morgan fingerprint density at radius 3 is 2.21 bits per heavy atom. The molecule has 3 aromatic rings. The summed E-state index contributed by atoms with van der Waals surface area (Å²) >= 11 is 0. The van der Waals surface area contributed by atoms with Gasteiger partial charge in [0.25, 0.3) is 0 Å². The first-order chi connectivity index (χ1) is 14.0. The molecule has 2 aromatic heterocycles. The van der Waals surface area contributed by atoms with Crippen molar-refractivity contribution in [3.8, 4) is 5.82 Å². The highest BCUT2D eigenvalue weighted by Crippen LogP contribution is 2.16. The van der Waals surface area contributed by atoms with Crippen LogP contribution in [0.2, 0.25) is 0 Å². The summed E-state index contributed by atoms with van der Waals surface area (Å²) in [5, 5.41) is 15.8. The number of aromatic nitrogens is 4. The quantitative estimate of drug-likeness (QED) is 0.738. The van der Waals surface area contributed by atoms with E-state index in [1.807, 2.05) is 32.0 Å². The van der Waals surface area contributed by atoms with Gasteiger partial charge in [-0.25, -0.2) is 13.9 Å². The first kappa shape index (κ1) is 18.9. The van der Waals surface area contributed by atoms with Crippen molar-refractivity contribution >= 4 is 17.5 Å². The van der Waals surface area contributed by atoms with Gasteiger partial charge in [-0.3, -0.25) is 0 Å². The van der Waals surface area contributed by atoms with Crippen molar-refractivity contribution in [2.24, 2.45) is 0 Å². The van der Waals surface area contributed by atoms with Crippen molar-refractivity contribution in [1.29, 1.82) is 0 Å². The molecule has 1 aromatic carbocycles. The zero-order valence-corrected chi connectivity index (χ0v) is 16.3. The molecule has 9 heteroatoms. The molecule has 1 N–H and O–H groups in total. The monoisotopic (exact) mass is 395 g/mol. The van der Waals surface area contributed by atoms with E-state index in [4.69, 9.17) is 0 Å². The molecule has 150 valence electrons. The normalized spacial score (nSPS) is 14.2. The molecule has 1 aliphatic heterocycles. The molecular weight excluding hydrogens is 373 g/mol. The molecule has 0 radical (unpaired) electrons. The minimum atomic E-state index is -0.332. The summed E-state index contributed by atoms with van der Waals surface area (Å²) in [7, 11) is 0. The van der Waals surface area contributed by atoms with Gasteiger partial charge in [0.15, 0.2) is 11.6 Å². The van der Waals surface area contributed by atoms with Gasteiger partial charge in [-0.15, -0.1) is 10.2 Å². The highest BCUT2D eigenvalue weighted by atomic mass is 19.1. The molecule has 0 atom stereocenters. The summed E-state index contributed by atoms with van der Waals surface area (Å²) in [5.74, 6) is 1.12. The SMILES string of the molecule is Cc1cc(C)n(-c2ccc(N3CCN(C(=O)Nc4ccc(F)cc4)CC3)nn2)n1. The molecule has 0 spiro atoms. The van der Waals surface area contributed by atoms with E-state index in [0.717, 1.165) is 17.2 Å². The second-order valence-electron chi connectivity index (χ2n) is 7.00. The summed E-state index contributed by atoms with van der Waals surface area (Å²) in [4.78, 5) is 16.2. The summed E-state index contributed by atoms with van der Waals surface area (Å²) in [6.07, 6.45) is 0. The second kappa shape index (κ2) is 7.86. The van der Waals surface area contributed by atoms with Crippen LogP contribution in [-0.4, -0.2) is 57.1 Å². The molecule has 8 nitrogen and oxygen atoms in total. The van der Waals surface area contributed by atoms with Crippen molar-refractivity contribution in [3.05, 3.63) is 59.7 Å². The van der Waals surface area contributed by atoms with Gasteiger partial charge in [0, 0.05) is 37.6 Å². The molecule has 0 saturated carbocycles. The summed E-state index contributed by atoms with van der Waals surface area (Å²) in [6.45, 7) is 6.36. The van der Waals surface area contributed by atoms with E-state index in [0.29, 0.717) is 37.7 Å². The number of carbonyl (C=O) groups is 1. The van der Waals surface area contributed by atoms with Crippen molar-refractivity contribution < 1.29 is 9.18 Å². The third-order valence-electron chi connectivity index (χ3n) is 4.85. The number of piperazine rings is 1. The molecule has 0 aliphatic carbocycles. The topological polar surface area (TPSA) is 79.2 Å². The van der Waals surface area contributed by atoms with Crippen molar-refractivity contribution in [1.82, 2.24) is 24.9 Å². The number of benzene rings is 1. The van der Waals surface area contributed by atoms with Crippen LogP contribution in [0, 0.1) is 19.7 Å². The maximum absolute atomic E-state index is 13.0. The summed E-state index contributed by atoms with van der Waals surface area (Å²) in [6, 6.07) is 11.4. The zero-order valence-electron chi connectivity index (χ0n) is 16.3. The maximum Gasteiger partial charge on any atom is 0.321 e. The van der Waals surface area contributed by atoms with Crippen LogP contribution in [-0.2, 0) is 0 Å². The molecule has 29 heavy (non-hydrogen) atoms. The lowest BCUT2D eigenvalue weighted by atomic mass is 10.3. The fourth-order valence-corrected chi connectivity index (χ4v) is 3.34. The summed E-state index contributed by atoms with van der Waals surface area (Å²) in [5.41, 5.74) is 2.51. The summed E-state index contributed by atoms with van der Waals surface area (Å²) < 4.78 is 14.7. The predicted molar refractivity (Wildman–Crippen MR) is 108 cm³/mol. The standard InChI is InChI=1S/C20H22FN7O/c1-14-13-15(2)28(25-14)19-8-7-18(23-24-19)26-9-11-27(12-10-26)20(29)22-17-5-3-16(21)4-6-17/h3-8,13H,9-12H2,1-2H3,(H,22,29). The number of aryl methyl sites for hydroxylation is 2. The van der Waals surface area contributed by atoms with E-state index in [1.54, 1.807) is 21.7 Å². The number of hydrogen-bond donors (Lipinski definition) is 1. The van der Waals surface area contributed by atoms with E-state index in [9.17, 15) is 9.18 Å². The number of nitrogens with zero attached hydrogens (tertiary/aromatic N) is 6. The van der Waals surface area contributed by atoms with Crippen LogP contribution in [0.25, 0.3) is 5.82 Å². The largest absolute Gasteiger partial charge is 0.352 e. The first-order valence-corrected chi connectivity index (χ1v) is 9.43. The molecule has 2 amide bonds. The number of anilines is 2. The Bertz CT molecular complexity index is 993. The van der Waals surface area contributed by atoms with E-state index >= 15 is 0 Å². The van der Waals surface area contributed by atoms with Gasteiger partial charge < -0.3 is 15.1 Å². The van der Waals surface area contributed by atoms with Crippen LogP contribution in [0.3, 0.4) is 0 Å². The van der Waals surface area contributed by atoms with E-state index in [2.05, 4.69) is 25.5 Å². The first-order valence-electron chi connectivity index (χ1n) is 9.43. The lowest BCUT2D eigenvalue weighted by molar-refractivity contribution is 0.208. The Labute approximate surface area is 168 Å². The average Bonchev–Trinajstić information content (AvgIpc) is 3.08. The molecule has 0 bridgehead atoms. The van der Waals surface area contributed by atoms with Gasteiger partial charge in [0.1, 0.15) is 5.82 Å². The van der Waals surface area contributed by atoms with Crippen LogP contribution in [0.4, 0.5) is 20.7 Å². The minimum Gasteiger partial charge on any atom is -0.352 e. The molecular formula is C20H22FN7O. The van der Waals surface area contributed by atoms with Gasteiger partial charge in [-0.05, 0) is 56.3 Å². The van der Waals surface area contributed by atoms with Gasteiger partial charge in [-0.2, -0.15) is 5.10 Å². The average molecular weight is 395 g/mol. The Morgan fingerprint density at radius 2 is 1.62 bits per heavy atom. The van der Waals surface area contributed by atoms with Gasteiger partial charge in [0.05, 0.1) is 5.69 Å². The third-order valence-corrected chi connectivity index (χ3v) is 4.85. The maximum atomic E-state index is 13.0. The molecule has 1 aliphatic rings. The molecule has 1 saturated heterocycles. The lowest BCUT2D eigenvalue weighted by Crippen LogP contribution is -2.50. The zero-order chi connectivity index (χ0) is 20.4. The third kappa shape index (κ3) is 4.18. The number of amides is 2. The van der Waals surface area contributed by atoms with Crippen LogP contribution < -0.4 is 10.2 Å². The molecule has 1 fully saturated rings. The fraction of sp³-hybridized carbons (Fsp3) is 0.300. The Morgan fingerprint density at radius 1 is 0.966 bits per heavy atom. The fourth-order valence-electron chi connectivity index (χ4n) is 3.34. The van der Waals surface area contributed by atoms with Crippen LogP contribution in [0.15, 0.2) is 42.5 Å². The number of rotatable bonds is 3. The second-order valence-corrected chi connectivity index (χ2v) is 7.00.